The molecule has 1 aromatic rings. The highest BCUT2D eigenvalue weighted by Gasteiger charge is 2.36. The van der Waals surface area contributed by atoms with Crippen LogP contribution in [0.2, 0.25) is 0 Å². The number of fused-ring (bicyclic) bond motifs is 2. The van der Waals surface area contributed by atoms with Crippen molar-refractivity contribution in [3.8, 4) is 5.75 Å². The van der Waals surface area contributed by atoms with Gasteiger partial charge in [-0.15, -0.1) is 23.5 Å². The Morgan fingerprint density at radius 1 is 1.12 bits per heavy atom. The van der Waals surface area contributed by atoms with Gasteiger partial charge in [0.2, 0.25) is 0 Å². The quantitative estimate of drug-likeness (QED) is 0.688. The molecule has 0 N–H and O–H groups in total. The molecule has 0 fully saturated rings. The van der Waals surface area contributed by atoms with E-state index in [9.17, 15) is 0 Å². The molecule has 0 radical (unpaired) electrons. The highest BCUT2D eigenvalue weighted by molar-refractivity contribution is 8.13. The zero-order valence-electron chi connectivity index (χ0n) is 9.45. The number of thioether (sulfide) groups is 2. The van der Waals surface area contributed by atoms with E-state index in [2.05, 4.69) is 32.0 Å². The lowest BCUT2D eigenvalue weighted by Crippen LogP contribution is -2.34. The van der Waals surface area contributed by atoms with Crippen molar-refractivity contribution in [2.24, 2.45) is 0 Å². The molecule has 0 atom stereocenters. The van der Waals surface area contributed by atoms with Crippen LogP contribution in [0.5, 0.6) is 5.75 Å². The summed E-state index contributed by atoms with van der Waals surface area (Å²) in [5, 5.41) is 0. The lowest BCUT2D eigenvalue weighted by molar-refractivity contribution is 0.154. The summed E-state index contributed by atoms with van der Waals surface area (Å²) in [4.78, 5) is 2.84. The SMILES string of the molecule is CC1(C)Oc2ccccc2C2=C1SCCS2. The van der Waals surface area contributed by atoms with Gasteiger partial charge in [-0.05, 0) is 19.9 Å². The highest BCUT2D eigenvalue weighted by Crippen LogP contribution is 2.52. The van der Waals surface area contributed by atoms with Gasteiger partial charge < -0.3 is 4.74 Å². The van der Waals surface area contributed by atoms with Gasteiger partial charge in [0.15, 0.2) is 0 Å². The Labute approximate surface area is 105 Å². The predicted molar refractivity (Wildman–Crippen MR) is 73.0 cm³/mol. The van der Waals surface area contributed by atoms with E-state index in [1.807, 2.05) is 29.6 Å². The van der Waals surface area contributed by atoms with E-state index in [1.54, 1.807) is 0 Å². The average molecular weight is 250 g/mol. The Morgan fingerprint density at radius 3 is 2.75 bits per heavy atom. The Morgan fingerprint density at radius 2 is 1.88 bits per heavy atom. The fraction of sp³-hybridized carbons (Fsp3) is 0.385. The number of ether oxygens (including phenoxy) is 1. The molecule has 1 nitrogen and oxygen atoms in total. The lowest BCUT2D eigenvalue weighted by atomic mass is 10.0. The minimum absolute atomic E-state index is 0.165. The van der Waals surface area contributed by atoms with Gasteiger partial charge in [-0.2, -0.15) is 0 Å². The minimum atomic E-state index is -0.165. The maximum Gasteiger partial charge on any atom is 0.135 e. The summed E-state index contributed by atoms with van der Waals surface area (Å²) in [5.74, 6) is 3.42. The molecule has 0 saturated carbocycles. The van der Waals surface area contributed by atoms with Crippen LogP contribution in [0.1, 0.15) is 19.4 Å². The van der Waals surface area contributed by atoms with Crippen molar-refractivity contribution in [3.63, 3.8) is 0 Å². The van der Waals surface area contributed by atoms with Gasteiger partial charge >= 0.3 is 0 Å². The number of hydrogen-bond donors (Lipinski definition) is 0. The second kappa shape index (κ2) is 3.74. The first-order chi connectivity index (χ1) is 7.68. The standard InChI is InChI=1S/C13H14OS2/c1-13(2)12-11(15-7-8-16-12)9-5-3-4-6-10(9)14-13/h3-6H,7-8H2,1-2H3. The second-order valence-electron chi connectivity index (χ2n) is 4.46. The molecule has 0 spiro atoms. The van der Waals surface area contributed by atoms with Crippen molar-refractivity contribution in [3.05, 3.63) is 34.7 Å². The molecule has 16 heavy (non-hydrogen) atoms. The van der Waals surface area contributed by atoms with E-state index in [0.29, 0.717) is 0 Å². The fourth-order valence-electron chi connectivity index (χ4n) is 2.13. The van der Waals surface area contributed by atoms with Crippen LogP contribution in [0.25, 0.3) is 4.91 Å². The molecule has 0 amide bonds. The van der Waals surface area contributed by atoms with Crippen LogP contribution in [0, 0.1) is 0 Å². The average Bonchev–Trinajstić information content (AvgIpc) is 2.29. The van der Waals surface area contributed by atoms with Gasteiger partial charge in [-0.25, -0.2) is 0 Å². The summed E-state index contributed by atoms with van der Waals surface area (Å²) >= 11 is 3.92. The first kappa shape index (κ1) is 10.6. The molecule has 3 heteroatoms. The smallest absolute Gasteiger partial charge is 0.135 e. The Hall–Kier alpha value is -0.540. The summed E-state index contributed by atoms with van der Waals surface area (Å²) < 4.78 is 6.10. The fourth-order valence-corrected chi connectivity index (χ4v) is 4.89. The number of hydrogen-bond acceptors (Lipinski definition) is 3. The summed E-state index contributed by atoms with van der Waals surface area (Å²) in [6.45, 7) is 4.33. The first-order valence-corrected chi connectivity index (χ1v) is 7.44. The maximum absolute atomic E-state index is 6.10. The molecule has 0 saturated heterocycles. The third-order valence-corrected chi connectivity index (χ3v) is 5.73. The van der Waals surface area contributed by atoms with Crippen LogP contribution in [0.4, 0.5) is 0 Å². The van der Waals surface area contributed by atoms with Gasteiger partial charge in [0.1, 0.15) is 11.4 Å². The summed E-state index contributed by atoms with van der Waals surface area (Å²) in [7, 11) is 0. The number of benzene rings is 1. The summed E-state index contributed by atoms with van der Waals surface area (Å²) in [6.07, 6.45) is 0. The van der Waals surface area contributed by atoms with Crippen molar-refractivity contribution in [1.82, 2.24) is 0 Å². The molecule has 2 heterocycles. The molecule has 0 aliphatic carbocycles. The van der Waals surface area contributed by atoms with Crippen molar-refractivity contribution in [2.45, 2.75) is 19.4 Å². The molecule has 0 aromatic heterocycles. The van der Waals surface area contributed by atoms with Crippen molar-refractivity contribution in [2.75, 3.05) is 11.5 Å². The molecule has 1 aromatic carbocycles. The Kier molecular flexibility index (Phi) is 2.48. The largest absolute Gasteiger partial charge is 0.482 e. The minimum Gasteiger partial charge on any atom is -0.482 e. The molecule has 0 bridgehead atoms. The van der Waals surface area contributed by atoms with Crippen molar-refractivity contribution < 1.29 is 4.74 Å². The van der Waals surface area contributed by atoms with Crippen LogP contribution >= 0.6 is 23.5 Å². The zero-order chi connectivity index (χ0) is 11.2. The zero-order valence-corrected chi connectivity index (χ0v) is 11.1. The van der Waals surface area contributed by atoms with E-state index in [1.165, 1.54) is 26.9 Å². The van der Waals surface area contributed by atoms with Gasteiger partial charge in [-0.1, -0.05) is 18.2 Å². The van der Waals surface area contributed by atoms with Crippen molar-refractivity contribution >= 4 is 28.4 Å². The van der Waals surface area contributed by atoms with E-state index >= 15 is 0 Å². The van der Waals surface area contributed by atoms with Crippen LogP contribution in [-0.4, -0.2) is 17.1 Å². The first-order valence-electron chi connectivity index (χ1n) is 5.47. The Bertz CT molecular complexity index is 463. The van der Waals surface area contributed by atoms with Crippen LogP contribution < -0.4 is 4.74 Å². The van der Waals surface area contributed by atoms with E-state index in [-0.39, 0.29) is 5.60 Å². The molecule has 0 unspecified atom stereocenters. The third-order valence-electron chi connectivity index (χ3n) is 2.83. The van der Waals surface area contributed by atoms with E-state index < -0.39 is 0 Å². The predicted octanol–water partition coefficient (Wildman–Crippen LogP) is 4.01. The molecule has 2 aliphatic rings. The highest BCUT2D eigenvalue weighted by atomic mass is 32.2. The topological polar surface area (TPSA) is 9.23 Å². The monoisotopic (exact) mass is 250 g/mol. The summed E-state index contributed by atoms with van der Waals surface area (Å²) in [5.41, 5.74) is 1.11. The molecule has 2 aliphatic heterocycles. The third kappa shape index (κ3) is 1.57. The number of rotatable bonds is 0. The molecular weight excluding hydrogens is 236 g/mol. The second-order valence-corrected chi connectivity index (χ2v) is 6.67. The van der Waals surface area contributed by atoms with Crippen LogP contribution in [-0.2, 0) is 0 Å². The maximum atomic E-state index is 6.10. The van der Waals surface area contributed by atoms with Gasteiger partial charge in [0.05, 0.1) is 0 Å². The van der Waals surface area contributed by atoms with Crippen molar-refractivity contribution in [1.29, 1.82) is 0 Å². The van der Waals surface area contributed by atoms with Gasteiger partial charge in [-0.3, -0.25) is 0 Å². The van der Waals surface area contributed by atoms with Gasteiger partial charge in [0.25, 0.3) is 0 Å². The summed E-state index contributed by atoms with van der Waals surface area (Å²) in [6, 6.07) is 8.37. The lowest BCUT2D eigenvalue weighted by Gasteiger charge is -2.38. The normalized spacial score (nSPS) is 22.1. The molecule has 84 valence electrons. The van der Waals surface area contributed by atoms with Gasteiger partial charge in [0, 0.05) is 26.9 Å². The van der Waals surface area contributed by atoms with E-state index in [4.69, 9.17) is 4.74 Å². The Balaban J connectivity index is 2.21. The number of para-hydroxylation sites is 1. The molecular formula is C13H14OS2. The van der Waals surface area contributed by atoms with E-state index in [0.717, 1.165) is 5.75 Å². The van der Waals surface area contributed by atoms with Crippen LogP contribution in [0.15, 0.2) is 29.2 Å². The van der Waals surface area contributed by atoms with Crippen LogP contribution in [0.3, 0.4) is 0 Å². The molecule has 3 rings (SSSR count).